The molecule has 158 valence electrons. The maximum atomic E-state index is 13.3. The first kappa shape index (κ1) is 20.6. The van der Waals surface area contributed by atoms with Gasteiger partial charge in [0, 0.05) is 0 Å². The molecule has 1 aliphatic heterocycles. The third-order valence-corrected chi connectivity index (χ3v) is 7.24. The summed E-state index contributed by atoms with van der Waals surface area (Å²) in [5.74, 6) is -0.397. The van der Waals surface area contributed by atoms with Crippen LogP contribution in [0.25, 0.3) is 0 Å². The number of benzene rings is 2. The predicted molar refractivity (Wildman–Crippen MR) is 120 cm³/mol. The summed E-state index contributed by atoms with van der Waals surface area (Å²) in [6.45, 7) is 0.207. The maximum absolute atomic E-state index is 13.3. The van der Waals surface area contributed by atoms with E-state index >= 15 is 0 Å². The van der Waals surface area contributed by atoms with Crippen molar-refractivity contribution in [1.82, 2.24) is 5.01 Å². The van der Waals surface area contributed by atoms with E-state index in [1.54, 1.807) is 24.3 Å². The quantitative estimate of drug-likeness (QED) is 0.298. The van der Waals surface area contributed by atoms with Gasteiger partial charge in [0.15, 0.2) is 0 Å². The van der Waals surface area contributed by atoms with Crippen molar-refractivity contribution in [3.63, 3.8) is 0 Å². The number of carbonyl (C=O) groups is 2. The number of hydrogen-bond acceptors (Lipinski definition) is 4. The highest BCUT2D eigenvalue weighted by Gasteiger charge is 2.59. The molecule has 1 saturated heterocycles. The highest BCUT2D eigenvalue weighted by molar-refractivity contribution is 9.11. The lowest BCUT2D eigenvalue weighted by atomic mass is 9.85. The zero-order valence-electron chi connectivity index (χ0n) is 16.2. The van der Waals surface area contributed by atoms with Gasteiger partial charge in [0.25, 0.3) is 11.8 Å². The number of imide groups is 1. The average molecular weight is 548 g/mol. The number of ether oxygens (including phenoxy) is 1. The summed E-state index contributed by atoms with van der Waals surface area (Å²) in [6, 6.07) is 9.79. The molecule has 0 spiro atoms. The second-order valence-corrected chi connectivity index (χ2v) is 9.67. The fourth-order valence-corrected chi connectivity index (χ4v) is 6.15. The van der Waals surface area contributed by atoms with Crippen molar-refractivity contribution in [3.05, 3.63) is 74.4 Å². The Morgan fingerprint density at radius 3 is 2.32 bits per heavy atom. The number of hydrazone groups is 1. The molecule has 2 aromatic rings. The average Bonchev–Trinajstić information content (AvgIpc) is 3.40. The maximum Gasteiger partial charge on any atom is 0.254 e. The fourth-order valence-electron chi connectivity index (χ4n) is 4.70. The van der Waals surface area contributed by atoms with Crippen LogP contribution in [-0.4, -0.2) is 23.0 Å². The lowest BCUT2D eigenvalue weighted by Crippen LogP contribution is -2.28. The monoisotopic (exact) mass is 546 g/mol. The van der Waals surface area contributed by atoms with E-state index in [0.717, 1.165) is 11.4 Å². The van der Waals surface area contributed by atoms with Crippen LogP contribution in [0.4, 0.5) is 4.39 Å². The molecule has 1 saturated carbocycles. The molecule has 1 heterocycles. The molecule has 0 aromatic heterocycles. The first-order valence-electron chi connectivity index (χ1n) is 9.89. The number of fused-ring (bicyclic) bond motifs is 5. The summed E-state index contributed by atoms with van der Waals surface area (Å²) in [7, 11) is 0. The van der Waals surface area contributed by atoms with Crippen molar-refractivity contribution in [2.45, 2.75) is 13.0 Å². The third kappa shape index (κ3) is 3.65. The van der Waals surface area contributed by atoms with Crippen molar-refractivity contribution < 1.29 is 18.7 Å². The summed E-state index contributed by atoms with van der Waals surface area (Å²) >= 11 is 6.96. The summed E-state index contributed by atoms with van der Waals surface area (Å²) in [5, 5.41) is 5.23. The molecule has 2 aliphatic carbocycles. The molecule has 2 fully saturated rings. The van der Waals surface area contributed by atoms with E-state index in [9.17, 15) is 14.0 Å². The van der Waals surface area contributed by atoms with Crippen LogP contribution in [-0.2, 0) is 16.2 Å². The van der Waals surface area contributed by atoms with E-state index in [2.05, 4.69) is 49.1 Å². The lowest BCUT2D eigenvalue weighted by Gasteiger charge is -2.13. The molecule has 2 bridgehead atoms. The van der Waals surface area contributed by atoms with Crippen LogP contribution in [0.15, 0.2) is 62.6 Å². The van der Waals surface area contributed by atoms with Gasteiger partial charge in [-0.1, -0.05) is 24.3 Å². The predicted octanol–water partition coefficient (Wildman–Crippen LogP) is 5.07. The van der Waals surface area contributed by atoms with Crippen LogP contribution in [0.2, 0.25) is 0 Å². The first-order valence-corrected chi connectivity index (χ1v) is 11.5. The van der Waals surface area contributed by atoms with E-state index < -0.39 is 0 Å². The highest BCUT2D eigenvalue weighted by atomic mass is 79.9. The van der Waals surface area contributed by atoms with Crippen LogP contribution in [0, 0.1) is 29.5 Å². The van der Waals surface area contributed by atoms with Crippen molar-refractivity contribution >= 4 is 49.9 Å². The lowest BCUT2D eigenvalue weighted by molar-refractivity contribution is -0.140. The van der Waals surface area contributed by atoms with Gasteiger partial charge < -0.3 is 4.74 Å². The molecule has 0 radical (unpaired) electrons. The Kier molecular flexibility index (Phi) is 5.30. The van der Waals surface area contributed by atoms with Gasteiger partial charge in [-0.05, 0) is 85.5 Å². The van der Waals surface area contributed by atoms with Crippen LogP contribution in [0.3, 0.4) is 0 Å². The molecule has 0 unspecified atom stereocenters. The molecule has 31 heavy (non-hydrogen) atoms. The van der Waals surface area contributed by atoms with Crippen LogP contribution in [0.5, 0.6) is 5.75 Å². The molecule has 4 atom stereocenters. The Hall–Kier alpha value is -2.32. The molecular weight excluding hydrogens is 531 g/mol. The topological polar surface area (TPSA) is 59.0 Å². The van der Waals surface area contributed by atoms with Gasteiger partial charge in [-0.2, -0.15) is 10.1 Å². The molecule has 5 rings (SSSR count). The third-order valence-electron chi connectivity index (χ3n) is 6.06. The smallest absolute Gasteiger partial charge is 0.254 e. The molecule has 5 nitrogen and oxygen atoms in total. The number of hydrogen-bond donors (Lipinski definition) is 0. The van der Waals surface area contributed by atoms with E-state index in [1.807, 2.05) is 0 Å². The van der Waals surface area contributed by atoms with Gasteiger partial charge in [-0.3, -0.25) is 9.59 Å². The standard InChI is InChI=1S/C23H17Br2FN2O3/c24-17-7-13(8-18(25)21(17)31-11-12-2-1-3-16(26)6-12)10-27-28-22(29)19-14-4-5-15(9-14)20(19)23(28)30/h1-8,10,14-15,19-20H,9,11H2/t14-,15-,19-,20+/m0/s1. The van der Waals surface area contributed by atoms with Crippen molar-refractivity contribution in [2.24, 2.45) is 28.8 Å². The van der Waals surface area contributed by atoms with Crippen molar-refractivity contribution in [2.75, 3.05) is 0 Å². The van der Waals surface area contributed by atoms with Gasteiger partial charge >= 0.3 is 0 Å². The van der Waals surface area contributed by atoms with Gasteiger partial charge in [0.1, 0.15) is 18.2 Å². The number of halogens is 3. The van der Waals surface area contributed by atoms with E-state index in [1.165, 1.54) is 18.3 Å². The summed E-state index contributed by atoms with van der Waals surface area (Å²) in [4.78, 5) is 25.5. The molecule has 2 amide bonds. The van der Waals surface area contributed by atoms with Crippen molar-refractivity contribution in [1.29, 1.82) is 0 Å². The number of nitrogens with zero attached hydrogens (tertiary/aromatic N) is 2. The number of amides is 2. The minimum atomic E-state index is -0.315. The Morgan fingerprint density at radius 1 is 1.06 bits per heavy atom. The van der Waals surface area contributed by atoms with Gasteiger partial charge in [-0.25, -0.2) is 4.39 Å². The second kappa shape index (κ2) is 7.98. The number of allylic oxidation sites excluding steroid dienone is 2. The fraction of sp³-hybridized carbons (Fsp3) is 0.261. The zero-order valence-corrected chi connectivity index (χ0v) is 19.3. The Bertz CT molecular complexity index is 1100. The highest BCUT2D eigenvalue weighted by Crippen LogP contribution is 2.52. The Morgan fingerprint density at radius 2 is 1.71 bits per heavy atom. The van der Waals surface area contributed by atoms with E-state index in [4.69, 9.17) is 4.74 Å². The number of rotatable bonds is 5. The second-order valence-electron chi connectivity index (χ2n) is 7.96. The normalized spacial score (nSPS) is 26.4. The molecule has 3 aliphatic rings. The molecule has 8 heteroatoms. The van der Waals surface area contributed by atoms with Crippen LogP contribution in [0.1, 0.15) is 17.5 Å². The SMILES string of the molecule is O=C1[C@@H]2[C@H](C(=O)N1N=Cc1cc(Br)c(OCc3cccc(F)c3)c(Br)c1)[C@H]1C=C[C@H]2C1. The summed E-state index contributed by atoms with van der Waals surface area (Å²) in [6.07, 6.45) is 6.50. The van der Waals surface area contributed by atoms with Crippen molar-refractivity contribution in [3.8, 4) is 5.75 Å². The summed E-state index contributed by atoms with van der Waals surface area (Å²) in [5.41, 5.74) is 1.40. The minimum absolute atomic E-state index is 0.157. The molecule has 0 N–H and O–H groups in total. The summed E-state index contributed by atoms with van der Waals surface area (Å²) < 4.78 is 20.5. The zero-order chi connectivity index (χ0) is 21.7. The van der Waals surface area contributed by atoms with Gasteiger partial charge in [0.05, 0.1) is 27.0 Å². The molecular formula is C23H17Br2FN2O3. The Balaban J connectivity index is 1.31. The van der Waals surface area contributed by atoms with E-state index in [0.29, 0.717) is 25.8 Å². The minimum Gasteiger partial charge on any atom is -0.487 e. The van der Waals surface area contributed by atoms with Crippen LogP contribution < -0.4 is 4.74 Å². The molecule has 2 aromatic carbocycles. The van der Waals surface area contributed by atoms with Gasteiger partial charge in [0.2, 0.25) is 0 Å². The Labute approximate surface area is 195 Å². The largest absolute Gasteiger partial charge is 0.487 e. The first-order chi connectivity index (χ1) is 14.9. The van der Waals surface area contributed by atoms with E-state index in [-0.39, 0.29) is 47.9 Å². The van der Waals surface area contributed by atoms with Gasteiger partial charge in [-0.15, -0.1) is 0 Å². The van der Waals surface area contributed by atoms with Crippen LogP contribution >= 0.6 is 31.9 Å². The number of carbonyl (C=O) groups excluding carboxylic acids is 2.